The summed E-state index contributed by atoms with van der Waals surface area (Å²) in [5.74, 6) is 0. The van der Waals surface area contributed by atoms with Crippen molar-refractivity contribution in [3.8, 4) is 11.1 Å². The molecule has 0 saturated carbocycles. The molecule has 0 heterocycles. The Kier molecular flexibility index (Phi) is 7.93. The molecule has 0 spiro atoms. The minimum Gasteiger partial charge on any atom is -0.309 e. The lowest BCUT2D eigenvalue weighted by Crippen LogP contribution is -2.15. The van der Waals surface area contributed by atoms with E-state index in [-0.39, 0.29) is 16.2 Å². The Hall–Kier alpha value is -5.66. The molecular weight excluding hydrogens is 663 g/mol. The third-order valence-electron chi connectivity index (χ3n) is 11.8. The molecule has 0 aliphatic heterocycles. The molecule has 272 valence electrons. The molecule has 0 unspecified atom stereocenters. The normalized spacial score (nSPS) is 12.8. The molecule has 0 fully saturated rings. The van der Waals surface area contributed by atoms with E-state index in [0.717, 1.165) is 11.4 Å². The standard InChI is InChI=1S/C54H51N/c1-52(2,3)37-22-26-40(27-23-37)55(41-28-24-38(25-29-41)53(4,5)6)51-46-16-12-10-14-42(46)50(43-15-11-13-17-47(43)51)45-30-20-34-18-19-35-32-39(54(7,8)9)33-36-21-31-44(45)49(34)48(35)36/h10-33H,1-9H3. The van der Waals surface area contributed by atoms with E-state index < -0.39 is 0 Å². The van der Waals surface area contributed by atoms with Gasteiger partial charge in [-0.1, -0.05) is 184 Å². The van der Waals surface area contributed by atoms with Crippen molar-refractivity contribution in [2.24, 2.45) is 0 Å². The van der Waals surface area contributed by atoms with Gasteiger partial charge in [-0.3, -0.25) is 0 Å². The molecule has 0 aromatic heterocycles. The van der Waals surface area contributed by atoms with Crippen molar-refractivity contribution < 1.29 is 0 Å². The van der Waals surface area contributed by atoms with Gasteiger partial charge in [-0.2, -0.15) is 0 Å². The minimum absolute atomic E-state index is 0.0638. The molecule has 1 heteroatoms. The molecule has 55 heavy (non-hydrogen) atoms. The van der Waals surface area contributed by atoms with Gasteiger partial charge < -0.3 is 4.90 Å². The van der Waals surface area contributed by atoms with Gasteiger partial charge in [-0.25, -0.2) is 0 Å². The number of hydrogen-bond acceptors (Lipinski definition) is 1. The monoisotopic (exact) mass is 713 g/mol. The van der Waals surface area contributed by atoms with Crippen molar-refractivity contribution in [3.05, 3.63) is 162 Å². The molecule has 9 rings (SSSR count). The van der Waals surface area contributed by atoms with Crippen LogP contribution in [0.15, 0.2) is 146 Å². The maximum absolute atomic E-state index is 2.49. The summed E-state index contributed by atoms with van der Waals surface area (Å²) in [5, 5.41) is 12.9. The second-order valence-corrected chi connectivity index (χ2v) is 18.7. The van der Waals surface area contributed by atoms with Crippen LogP contribution in [0.2, 0.25) is 0 Å². The van der Waals surface area contributed by atoms with Gasteiger partial charge in [-0.05, 0) is 111 Å². The molecule has 0 bridgehead atoms. The Morgan fingerprint density at radius 1 is 0.345 bits per heavy atom. The molecule has 0 aliphatic carbocycles. The third kappa shape index (κ3) is 5.84. The van der Waals surface area contributed by atoms with Crippen LogP contribution in [0.25, 0.3) is 65.0 Å². The van der Waals surface area contributed by atoms with Crippen LogP contribution in [0.3, 0.4) is 0 Å². The van der Waals surface area contributed by atoms with Crippen LogP contribution in [0.1, 0.15) is 79.0 Å². The Bertz CT molecular complexity index is 2750. The SMILES string of the molecule is CC(C)(C)c1ccc(N(c2ccc(C(C)(C)C)cc2)c2c3ccccc3c(-c3ccc4ccc5cc(C(C)(C)C)cc6ccc3c4c56)c3ccccc23)cc1. The molecule has 0 radical (unpaired) electrons. The lowest BCUT2D eigenvalue weighted by molar-refractivity contribution is 0.590. The first-order chi connectivity index (χ1) is 26.2. The van der Waals surface area contributed by atoms with E-state index in [1.807, 2.05) is 0 Å². The van der Waals surface area contributed by atoms with E-state index in [0.29, 0.717) is 0 Å². The average molecular weight is 714 g/mol. The van der Waals surface area contributed by atoms with Gasteiger partial charge in [0.05, 0.1) is 5.69 Å². The number of anilines is 3. The number of rotatable bonds is 4. The Balaban J connectivity index is 1.35. The second-order valence-electron chi connectivity index (χ2n) is 18.7. The summed E-state index contributed by atoms with van der Waals surface area (Å²) in [6.07, 6.45) is 0. The molecule has 0 amide bonds. The topological polar surface area (TPSA) is 3.24 Å². The van der Waals surface area contributed by atoms with E-state index in [4.69, 9.17) is 0 Å². The molecule has 9 aromatic carbocycles. The number of benzene rings is 9. The van der Waals surface area contributed by atoms with Crippen LogP contribution < -0.4 is 4.90 Å². The van der Waals surface area contributed by atoms with Crippen molar-refractivity contribution in [2.75, 3.05) is 4.90 Å². The van der Waals surface area contributed by atoms with Gasteiger partial charge in [0.2, 0.25) is 0 Å². The van der Waals surface area contributed by atoms with E-state index in [1.54, 1.807) is 0 Å². The lowest BCUT2D eigenvalue weighted by Gasteiger charge is -2.31. The van der Waals surface area contributed by atoms with Crippen LogP contribution in [0.5, 0.6) is 0 Å². The zero-order valence-corrected chi connectivity index (χ0v) is 33.8. The molecular formula is C54H51N. The number of nitrogens with zero attached hydrogens (tertiary/aromatic N) is 1. The van der Waals surface area contributed by atoms with E-state index in [1.165, 1.54) is 87.4 Å². The van der Waals surface area contributed by atoms with Crippen LogP contribution in [0, 0.1) is 0 Å². The second kappa shape index (κ2) is 12.4. The highest BCUT2D eigenvalue weighted by Gasteiger charge is 2.25. The maximum Gasteiger partial charge on any atom is 0.0618 e. The summed E-state index contributed by atoms with van der Waals surface area (Å²) < 4.78 is 0. The summed E-state index contributed by atoms with van der Waals surface area (Å²) in [6, 6.07) is 55.4. The largest absolute Gasteiger partial charge is 0.309 e. The minimum atomic E-state index is 0.0638. The summed E-state index contributed by atoms with van der Waals surface area (Å²) >= 11 is 0. The summed E-state index contributed by atoms with van der Waals surface area (Å²) in [4.78, 5) is 2.49. The molecule has 0 aliphatic rings. The summed E-state index contributed by atoms with van der Waals surface area (Å²) in [7, 11) is 0. The molecule has 0 saturated heterocycles. The van der Waals surface area contributed by atoms with Gasteiger partial charge in [0.15, 0.2) is 0 Å². The van der Waals surface area contributed by atoms with Crippen molar-refractivity contribution in [2.45, 2.75) is 78.6 Å². The maximum atomic E-state index is 2.49. The van der Waals surface area contributed by atoms with Crippen LogP contribution >= 0.6 is 0 Å². The van der Waals surface area contributed by atoms with E-state index in [2.05, 4.69) is 213 Å². The highest BCUT2D eigenvalue weighted by atomic mass is 15.1. The predicted molar refractivity (Wildman–Crippen MR) is 241 cm³/mol. The number of fused-ring (bicyclic) bond motifs is 2. The number of hydrogen-bond donors (Lipinski definition) is 0. The van der Waals surface area contributed by atoms with Gasteiger partial charge in [0.25, 0.3) is 0 Å². The Morgan fingerprint density at radius 3 is 1.24 bits per heavy atom. The Morgan fingerprint density at radius 2 is 0.764 bits per heavy atom. The van der Waals surface area contributed by atoms with Crippen LogP contribution in [0.4, 0.5) is 17.1 Å². The quantitative estimate of drug-likeness (QED) is 0.130. The van der Waals surface area contributed by atoms with Gasteiger partial charge >= 0.3 is 0 Å². The Labute approximate surface area is 326 Å². The van der Waals surface area contributed by atoms with E-state index in [9.17, 15) is 0 Å². The highest BCUT2D eigenvalue weighted by molar-refractivity contribution is 6.29. The van der Waals surface area contributed by atoms with Gasteiger partial charge in [-0.15, -0.1) is 0 Å². The summed E-state index contributed by atoms with van der Waals surface area (Å²) in [5.41, 5.74) is 10.3. The first kappa shape index (κ1) is 35.1. The van der Waals surface area contributed by atoms with Gasteiger partial charge in [0.1, 0.15) is 0 Å². The van der Waals surface area contributed by atoms with Crippen molar-refractivity contribution in [1.29, 1.82) is 0 Å². The van der Waals surface area contributed by atoms with Gasteiger partial charge in [0, 0.05) is 22.1 Å². The fourth-order valence-corrected chi connectivity index (χ4v) is 8.74. The highest BCUT2D eigenvalue weighted by Crippen LogP contribution is 2.50. The smallest absolute Gasteiger partial charge is 0.0618 e. The summed E-state index contributed by atoms with van der Waals surface area (Å²) in [6.45, 7) is 20.6. The van der Waals surface area contributed by atoms with Crippen molar-refractivity contribution >= 4 is 70.9 Å². The van der Waals surface area contributed by atoms with Crippen LogP contribution in [-0.4, -0.2) is 0 Å². The van der Waals surface area contributed by atoms with Crippen LogP contribution in [-0.2, 0) is 16.2 Å². The zero-order chi connectivity index (χ0) is 38.4. The average Bonchev–Trinajstić information content (AvgIpc) is 3.16. The first-order valence-electron chi connectivity index (χ1n) is 19.9. The van der Waals surface area contributed by atoms with Crippen molar-refractivity contribution in [1.82, 2.24) is 0 Å². The lowest BCUT2D eigenvalue weighted by atomic mass is 9.82. The molecule has 0 N–H and O–H groups in total. The zero-order valence-electron chi connectivity index (χ0n) is 33.8. The fourth-order valence-electron chi connectivity index (χ4n) is 8.74. The van der Waals surface area contributed by atoms with Crippen molar-refractivity contribution in [3.63, 3.8) is 0 Å². The molecule has 9 aromatic rings. The molecule has 1 nitrogen and oxygen atoms in total. The molecule has 0 atom stereocenters. The third-order valence-corrected chi connectivity index (χ3v) is 11.8. The predicted octanol–water partition coefficient (Wildman–Crippen LogP) is 15.9. The first-order valence-corrected chi connectivity index (χ1v) is 19.9. The fraction of sp³-hybridized carbons (Fsp3) is 0.222. The van der Waals surface area contributed by atoms with E-state index >= 15 is 0 Å².